The molecule has 3 heteroatoms. The van der Waals surface area contributed by atoms with Gasteiger partial charge < -0.3 is 4.74 Å². The van der Waals surface area contributed by atoms with Crippen LogP contribution in [0.25, 0.3) is 0 Å². The third kappa shape index (κ3) is 1.10. The van der Waals surface area contributed by atoms with Crippen molar-refractivity contribution in [1.29, 1.82) is 0 Å². The summed E-state index contributed by atoms with van der Waals surface area (Å²) >= 11 is 0. The molecule has 0 aromatic heterocycles. The Labute approximate surface area is 77.4 Å². The minimum absolute atomic E-state index is 0.113. The van der Waals surface area contributed by atoms with E-state index in [1.165, 1.54) is 7.11 Å². The van der Waals surface area contributed by atoms with Crippen LogP contribution in [-0.4, -0.2) is 18.9 Å². The van der Waals surface area contributed by atoms with E-state index in [9.17, 15) is 9.59 Å². The molecule has 0 radical (unpaired) electrons. The lowest BCUT2D eigenvalue weighted by molar-refractivity contribution is -0.158. The quantitative estimate of drug-likeness (QED) is 0.477. The molecule has 1 atom stereocenters. The minimum Gasteiger partial charge on any atom is -0.468 e. The maximum absolute atomic E-state index is 11.7. The van der Waals surface area contributed by atoms with Crippen molar-refractivity contribution in [2.75, 3.05) is 7.11 Å². The second-order valence-electron chi connectivity index (χ2n) is 4.01. The molecule has 0 bridgehead atoms. The Morgan fingerprint density at radius 2 is 2.23 bits per heavy atom. The van der Waals surface area contributed by atoms with Crippen molar-refractivity contribution in [1.82, 2.24) is 0 Å². The zero-order chi connectivity index (χ0) is 9.47. The maximum atomic E-state index is 11.7. The van der Waals surface area contributed by atoms with Gasteiger partial charge in [0.2, 0.25) is 0 Å². The smallest absolute Gasteiger partial charge is 0.319 e. The fourth-order valence-electron chi connectivity index (χ4n) is 2.46. The highest BCUT2D eigenvalue weighted by Gasteiger charge is 2.58. The number of hydrogen-bond donors (Lipinski definition) is 0. The van der Waals surface area contributed by atoms with E-state index < -0.39 is 5.41 Å². The topological polar surface area (TPSA) is 43.4 Å². The Morgan fingerprint density at radius 1 is 1.54 bits per heavy atom. The summed E-state index contributed by atoms with van der Waals surface area (Å²) in [6, 6.07) is 0. The van der Waals surface area contributed by atoms with Crippen molar-refractivity contribution >= 4 is 11.8 Å². The fourth-order valence-corrected chi connectivity index (χ4v) is 2.46. The molecule has 2 rings (SSSR count). The van der Waals surface area contributed by atoms with Crippen molar-refractivity contribution in [2.45, 2.75) is 32.1 Å². The average molecular weight is 182 g/mol. The zero-order valence-corrected chi connectivity index (χ0v) is 7.84. The molecule has 2 saturated carbocycles. The minimum atomic E-state index is -0.727. The third-order valence-electron chi connectivity index (χ3n) is 3.30. The van der Waals surface area contributed by atoms with Crippen LogP contribution in [0.15, 0.2) is 0 Å². The SMILES string of the molecule is COC(=O)[C@]1(C2CC2)CCCC1=O. The summed E-state index contributed by atoms with van der Waals surface area (Å²) in [5.74, 6) is 0.106. The molecule has 13 heavy (non-hydrogen) atoms. The first-order valence-electron chi connectivity index (χ1n) is 4.83. The molecular formula is C10H14O3. The molecule has 72 valence electrons. The van der Waals surface area contributed by atoms with Gasteiger partial charge in [-0.25, -0.2) is 0 Å². The van der Waals surface area contributed by atoms with Crippen molar-refractivity contribution < 1.29 is 14.3 Å². The molecule has 3 nitrogen and oxygen atoms in total. The van der Waals surface area contributed by atoms with Gasteiger partial charge in [0.25, 0.3) is 0 Å². The van der Waals surface area contributed by atoms with Gasteiger partial charge in [-0.3, -0.25) is 9.59 Å². The van der Waals surface area contributed by atoms with Crippen LogP contribution in [0.1, 0.15) is 32.1 Å². The Bertz CT molecular complexity index is 255. The molecule has 0 aliphatic heterocycles. The molecule has 0 aromatic carbocycles. The van der Waals surface area contributed by atoms with Gasteiger partial charge in [0, 0.05) is 6.42 Å². The Balaban J connectivity index is 2.29. The van der Waals surface area contributed by atoms with E-state index in [2.05, 4.69) is 0 Å². The fraction of sp³-hybridized carbons (Fsp3) is 0.800. The maximum Gasteiger partial charge on any atom is 0.319 e. The predicted octanol–water partition coefficient (Wildman–Crippen LogP) is 1.31. The van der Waals surface area contributed by atoms with Crippen LogP contribution in [0, 0.1) is 11.3 Å². The number of esters is 1. The molecule has 0 aromatic rings. The van der Waals surface area contributed by atoms with Gasteiger partial charge in [-0.2, -0.15) is 0 Å². The summed E-state index contributed by atoms with van der Waals surface area (Å²) in [6.45, 7) is 0. The van der Waals surface area contributed by atoms with E-state index in [4.69, 9.17) is 4.74 Å². The van der Waals surface area contributed by atoms with Gasteiger partial charge in [0.15, 0.2) is 0 Å². The average Bonchev–Trinajstić information content (AvgIpc) is 2.90. The van der Waals surface area contributed by atoms with E-state index in [-0.39, 0.29) is 17.7 Å². The monoisotopic (exact) mass is 182 g/mol. The van der Waals surface area contributed by atoms with Crippen molar-refractivity contribution in [3.63, 3.8) is 0 Å². The van der Waals surface area contributed by atoms with E-state index in [1.807, 2.05) is 0 Å². The Morgan fingerprint density at radius 3 is 2.62 bits per heavy atom. The lowest BCUT2D eigenvalue weighted by atomic mass is 9.80. The second kappa shape index (κ2) is 2.82. The molecule has 0 unspecified atom stereocenters. The summed E-state index contributed by atoms with van der Waals surface area (Å²) in [6.07, 6.45) is 4.15. The molecule has 2 aliphatic rings. The normalized spacial score (nSPS) is 33.5. The van der Waals surface area contributed by atoms with Crippen LogP contribution in [-0.2, 0) is 14.3 Å². The molecule has 2 aliphatic carbocycles. The second-order valence-corrected chi connectivity index (χ2v) is 4.01. The van der Waals surface area contributed by atoms with Gasteiger partial charge >= 0.3 is 5.97 Å². The third-order valence-corrected chi connectivity index (χ3v) is 3.30. The molecule has 2 fully saturated rings. The van der Waals surface area contributed by atoms with Gasteiger partial charge in [0.05, 0.1) is 7.11 Å². The number of ether oxygens (including phenoxy) is 1. The highest BCUT2D eigenvalue weighted by molar-refractivity contribution is 6.05. The number of Topliss-reactive ketones (excluding diaryl/α,β-unsaturated/α-hetero) is 1. The van der Waals surface area contributed by atoms with E-state index in [1.54, 1.807) is 0 Å². The number of carbonyl (C=O) groups is 2. The van der Waals surface area contributed by atoms with E-state index in [0.29, 0.717) is 12.8 Å². The van der Waals surface area contributed by atoms with Crippen LogP contribution >= 0.6 is 0 Å². The molecule has 0 spiro atoms. The number of ketones is 1. The number of carbonyl (C=O) groups excluding carboxylic acids is 2. The van der Waals surface area contributed by atoms with Gasteiger partial charge in [-0.15, -0.1) is 0 Å². The largest absolute Gasteiger partial charge is 0.468 e. The van der Waals surface area contributed by atoms with Crippen LogP contribution in [0.4, 0.5) is 0 Å². The predicted molar refractivity (Wildman–Crippen MR) is 46.0 cm³/mol. The number of hydrogen-bond acceptors (Lipinski definition) is 3. The molecular weight excluding hydrogens is 168 g/mol. The Kier molecular flexibility index (Phi) is 1.90. The van der Waals surface area contributed by atoms with E-state index in [0.717, 1.165) is 19.3 Å². The van der Waals surface area contributed by atoms with Gasteiger partial charge in [0.1, 0.15) is 11.2 Å². The lowest BCUT2D eigenvalue weighted by Crippen LogP contribution is -2.38. The highest BCUT2D eigenvalue weighted by Crippen LogP contribution is 2.53. The van der Waals surface area contributed by atoms with Crippen LogP contribution < -0.4 is 0 Å². The zero-order valence-electron chi connectivity index (χ0n) is 7.84. The van der Waals surface area contributed by atoms with Gasteiger partial charge in [-0.1, -0.05) is 0 Å². The molecule has 0 heterocycles. The van der Waals surface area contributed by atoms with Crippen molar-refractivity contribution in [2.24, 2.45) is 11.3 Å². The molecule has 0 amide bonds. The van der Waals surface area contributed by atoms with Gasteiger partial charge in [-0.05, 0) is 31.6 Å². The van der Waals surface area contributed by atoms with Crippen molar-refractivity contribution in [3.8, 4) is 0 Å². The number of methoxy groups -OCH3 is 1. The molecule has 0 saturated heterocycles. The Hall–Kier alpha value is -0.860. The van der Waals surface area contributed by atoms with Crippen LogP contribution in [0.5, 0.6) is 0 Å². The van der Waals surface area contributed by atoms with E-state index >= 15 is 0 Å². The summed E-state index contributed by atoms with van der Waals surface area (Å²) in [4.78, 5) is 23.3. The summed E-state index contributed by atoms with van der Waals surface area (Å²) in [5.41, 5.74) is -0.727. The first-order valence-corrected chi connectivity index (χ1v) is 4.83. The van der Waals surface area contributed by atoms with Crippen LogP contribution in [0.3, 0.4) is 0 Å². The first kappa shape index (κ1) is 8.73. The summed E-state index contributed by atoms with van der Waals surface area (Å²) in [7, 11) is 1.37. The summed E-state index contributed by atoms with van der Waals surface area (Å²) < 4.78 is 4.75. The lowest BCUT2D eigenvalue weighted by Gasteiger charge is -2.23. The standard InChI is InChI=1S/C10H14O3/c1-13-9(12)10(7-4-5-7)6-2-3-8(10)11/h7H,2-6H2,1H3/t10-/m0/s1. The number of rotatable bonds is 2. The summed E-state index contributed by atoms with van der Waals surface area (Å²) in [5, 5.41) is 0. The molecule has 0 N–H and O–H groups in total. The highest BCUT2D eigenvalue weighted by atomic mass is 16.5. The first-order chi connectivity index (χ1) is 6.21. The van der Waals surface area contributed by atoms with Crippen molar-refractivity contribution in [3.05, 3.63) is 0 Å². The van der Waals surface area contributed by atoms with Crippen LogP contribution in [0.2, 0.25) is 0 Å².